The number of hydrogen-bond acceptors (Lipinski definition) is 3. The summed E-state index contributed by atoms with van der Waals surface area (Å²) in [6.45, 7) is 4.92. The van der Waals surface area contributed by atoms with Crippen molar-refractivity contribution in [2.45, 2.75) is 13.8 Å². The molecule has 1 amide bonds. The molecule has 0 saturated heterocycles. The molecule has 0 aliphatic rings. The Kier molecular flexibility index (Phi) is 4.17. The Hall–Kier alpha value is -1.71. The summed E-state index contributed by atoms with van der Waals surface area (Å²) < 4.78 is 0. The number of rotatable bonds is 4. The molecule has 0 unspecified atom stereocenters. The van der Waals surface area contributed by atoms with Crippen LogP contribution in [0.1, 0.15) is 12.5 Å². The molecular formula is C12H19N3O. The SMILES string of the molecule is CCN(C)C(=O)CNc1ccc(C)c(N)c1. The minimum absolute atomic E-state index is 0.0710. The van der Waals surface area contributed by atoms with E-state index in [2.05, 4.69) is 5.32 Å². The average molecular weight is 221 g/mol. The van der Waals surface area contributed by atoms with E-state index in [0.717, 1.165) is 23.5 Å². The first-order chi connectivity index (χ1) is 7.54. The Labute approximate surface area is 96.4 Å². The number of aryl methyl sites for hydroxylation is 1. The molecule has 0 saturated carbocycles. The lowest BCUT2D eigenvalue weighted by Gasteiger charge is -2.15. The fraction of sp³-hybridized carbons (Fsp3) is 0.417. The van der Waals surface area contributed by atoms with Gasteiger partial charge in [0.05, 0.1) is 6.54 Å². The lowest BCUT2D eigenvalue weighted by molar-refractivity contribution is -0.127. The van der Waals surface area contributed by atoms with Crippen LogP contribution in [0.3, 0.4) is 0 Å². The van der Waals surface area contributed by atoms with Crippen molar-refractivity contribution in [1.82, 2.24) is 4.90 Å². The largest absolute Gasteiger partial charge is 0.398 e. The van der Waals surface area contributed by atoms with Gasteiger partial charge in [0, 0.05) is 25.0 Å². The van der Waals surface area contributed by atoms with Crippen LogP contribution in [0.2, 0.25) is 0 Å². The van der Waals surface area contributed by atoms with E-state index < -0.39 is 0 Å². The quantitative estimate of drug-likeness (QED) is 0.757. The third-order valence-electron chi connectivity index (χ3n) is 2.62. The predicted molar refractivity (Wildman–Crippen MR) is 67.4 cm³/mol. The number of nitrogen functional groups attached to an aromatic ring is 1. The van der Waals surface area contributed by atoms with Gasteiger partial charge < -0.3 is 16.0 Å². The maximum atomic E-state index is 11.5. The Morgan fingerprint density at radius 3 is 2.75 bits per heavy atom. The van der Waals surface area contributed by atoms with Crippen LogP contribution in [0, 0.1) is 6.92 Å². The lowest BCUT2D eigenvalue weighted by atomic mass is 10.2. The summed E-state index contributed by atoms with van der Waals surface area (Å²) in [6, 6.07) is 5.70. The molecule has 0 fully saturated rings. The van der Waals surface area contributed by atoms with Crippen LogP contribution >= 0.6 is 0 Å². The third-order valence-corrected chi connectivity index (χ3v) is 2.62. The van der Waals surface area contributed by atoms with Crippen molar-refractivity contribution >= 4 is 17.3 Å². The number of carbonyl (C=O) groups is 1. The summed E-state index contributed by atoms with van der Waals surface area (Å²) >= 11 is 0. The lowest BCUT2D eigenvalue weighted by Crippen LogP contribution is -2.31. The molecule has 0 atom stereocenters. The summed E-state index contributed by atoms with van der Waals surface area (Å²) in [6.07, 6.45) is 0. The van der Waals surface area contributed by atoms with Gasteiger partial charge in [0.1, 0.15) is 0 Å². The van der Waals surface area contributed by atoms with Gasteiger partial charge >= 0.3 is 0 Å². The zero-order valence-corrected chi connectivity index (χ0v) is 10.1. The number of amides is 1. The molecule has 0 aliphatic heterocycles. The summed E-state index contributed by atoms with van der Waals surface area (Å²) in [5.41, 5.74) is 8.43. The van der Waals surface area contributed by atoms with Gasteiger partial charge in [-0.05, 0) is 31.5 Å². The normalized spacial score (nSPS) is 9.94. The van der Waals surface area contributed by atoms with Crippen LogP contribution in [0.4, 0.5) is 11.4 Å². The van der Waals surface area contributed by atoms with Crippen molar-refractivity contribution in [3.8, 4) is 0 Å². The number of nitrogens with one attached hydrogen (secondary N) is 1. The van der Waals surface area contributed by atoms with E-state index in [1.807, 2.05) is 32.0 Å². The average Bonchev–Trinajstić information content (AvgIpc) is 2.29. The van der Waals surface area contributed by atoms with Gasteiger partial charge in [-0.2, -0.15) is 0 Å². The van der Waals surface area contributed by atoms with Gasteiger partial charge in [-0.3, -0.25) is 4.79 Å². The number of hydrogen-bond donors (Lipinski definition) is 2. The third kappa shape index (κ3) is 3.15. The first kappa shape index (κ1) is 12.4. The van der Waals surface area contributed by atoms with Crippen LogP contribution in [0.5, 0.6) is 0 Å². The van der Waals surface area contributed by atoms with Gasteiger partial charge in [-0.1, -0.05) is 6.07 Å². The first-order valence-electron chi connectivity index (χ1n) is 5.38. The molecule has 4 heteroatoms. The number of anilines is 2. The summed E-state index contributed by atoms with van der Waals surface area (Å²) in [5.74, 6) is 0.0710. The summed E-state index contributed by atoms with van der Waals surface area (Å²) in [4.78, 5) is 13.2. The smallest absolute Gasteiger partial charge is 0.241 e. The Balaban J connectivity index is 2.55. The van der Waals surface area contributed by atoms with Crippen molar-refractivity contribution < 1.29 is 4.79 Å². The maximum Gasteiger partial charge on any atom is 0.241 e. The minimum atomic E-state index is 0.0710. The Morgan fingerprint density at radius 2 is 2.19 bits per heavy atom. The molecule has 3 N–H and O–H groups in total. The first-order valence-corrected chi connectivity index (χ1v) is 5.38. The molecule has 0 spiro atoms. The number of likely N-dealkylation sites (N-methyl/N-ethyl adjacent to an activating group) is 1. The van der Waals surface area contributed by atoms with Crippen LogP contribution in [0.25, 0.3) is 0 Å². The molecule has 1 rings (SSSR count). The van der Waals surface area contributed by atoms with E-state index in [0.29, 0.717) is 6.54 Å². The van der Waals surface area contributed by atoms with Crippen LogP contribution in [-0.4, -0.2) is 30.9 Å². The molecule has 1 aromatic carbocycles. The molecule has 4 nitrogen and oxygen atoms in total. The van der Waals surface area contributed by atoms with Crippen molar-refractivity contribution in [3.05, 3.63) is 23.8 Å². The van der Waals surface area contributed by atoms with E-state index in [9.17, 15) is 4.79 Å². The van der Waals surface area contributed by atoms with Crippen molar-refractivity contribution in [2.24, 2.45) is 0 Å². The standard InChI is InChI=1S/C12H19N3O/c1-4-15(3)12(16)8-14-10-6-5-9(2)11(13)7-10/h5-7,14H,4,8,13H2,1-3H3. The van der Waals surface area contributed by atoms with Crippen LogP contribution < -0.4 is 11.1 Å². The number of nitrogens with two attached hydrogens (primary N) is 1. The molecule has 0 bridgehead atoms. The molecule has 1 aromatic rings. The van der Waals surface area contributed by atoms with E-state index in [1.54, 1.807) is 11.9 Å². The van der Waals surface area contributed by atoms with E-state index >= 15 is 0 Å². The molecule has 88 valence electrons. The highest BCUT2D eigenvalue weighted by Crippen LogP contribution is 2.16. The zero-order valence-electron chi connectivity index (χ0n) is 10.1. The molecule has 0 heterocycles. The molecule has 16 heavy (non-hydrogen) atoms. The fourth-order valence-corrected chi connectivity index (χ4v) is 1.24. The van der Waals surface area contributed by atoms with Gasteiger partial charge in [-0.15, -0.1) is 0 Å². The maximum absolute atomic E-state index is 11.5. The number of carbonyl (C=O) groups excluding carboxylic acids is 1. The Bertz CT molecular complexity index is 377. The monoisotopic (exact) mass is 221 g/mol. The van der Waals surface area contributed by atoms with Crippen molar-refractivity contribution in [1.29, 1.82) is 0 Å². The Morgan fingerprint density at radius 1 is 1.50 bits per heavy atom. The molecular weight excluding hydrogens is 202 g/mol. The second-order valence-electron chi connectivity index (χ2n) is 3.83. The second kappa shape index (κ2) is 5.39. The van der Waals surface area contributed by atoms with Gasteiger partial charge in [0.25, 0.3) is 0 Å². The van der Waals surface area contributed by atoms with Crippen LogP contribution in [0.15, 0.2) is 18.2 Å². The molecule has 0 aromatic heterocycles. The highest BCUT2D eigenvalue weighted by Gasteiger charge is 2.05. The zero-order chi connectivity index (χ0) is 12.1. The van der Waals surface area contributed by atoms with Gasteiger partial charge in [0.15, 0.2) is 0 Å². The van der Waals surface area contributed by atoms with Crippen molar-refractivity contribution in [2.75, 3.05) is 31.2 Å². The minimum Gasteiger partial charge on any atom is -0.398 e. The summed E-state index contributed by atoms with van der Waals surface area (Å²) in [7, 11) is 1.79. The van der Waals surface area contributed by atoms with E-state index in [-0.39, 0.29) is 5.91 Å². The van der Waals surface area contributed by atoms with Crippen LogP contribution in [-0.2, 0) is 4.79 Å². The number of nitrogens with zero attached hydrogens (tertiary/aromatic N) is 1. The molecule has 0 radical (unpaired) electrons. The van der Waals surface area contributed by atoms with Crippen molar-refractivity contribution in [3.63, 3.8) is 0 Å². The second-order valence-corrected chi connectivity index (χ2v) is 3.83. The summed E-state index contributed by atoms with van der Waals surface area (Å²) in [5, 5.41) is 3.06. The number of benzene rings is 1. The van der Waals surface area contributed by atoms with Gasteiger partial charge in [-0.25, -0.2) is 0 Å². The fourth-order valence-electron chi connectivity index (χ4n) is 1.24. The highest BCUT2D eigenvalue weighted by atomic mass is 16.2. The highest BCUT2D eigenvalue weighted by molar-refractivity contribution is 5.80. The predicted octanol–water partition coefficient (Wildman–Crippen LogP) is 1.47. The van der Waals surface area contributed by atoms with E-state index in [4.69, 9.17) is 5.73 Å². The molecule has 0 aliphatic carbocycles. The van der Waals surface area contributed by atoms with E-state index in [1.165, 1.54) is 0 Å². The van der Waals surface area contributed by atoms with Gasteiger partial charge in [0.2, 0.25) is 5.91 Å². The topological polar surface area (TPSA) is 58.4 Å².